The molecule has 6 heteroatoms. The second-order valence-corrected chi connectivity index (χ2v) is 6.88. The topological polar surface area (TPSA) is 63.1 Å². The molecule has 1 saturated heterocycles. The van der Waals surface area contributed by atoms with Gasteiger partial charge in [0.15, 0.2) is 0 Å². The monoisotopic (exact) mass is 349 g/mol. The number of nitrogens with one attached hydrogen (secondary N) is 1. The fourth-order valence-corrected chi connectivity index (χ4v) is 3.45. The molecule has 0 spiro atoms. The highest BCUT2D eigenvalue weighted by Crippen LogP contribution is 2.23. The molecule has 2 aromatic carbocycles. The minimum absolute atomic E-state index is 0.218. The third-order valence-electron chi connectivity index (χ3n) is 5.07. The van der Waals surface area contributed by atoms with E-state index in [-0.39, 0.29) is 11.9 Å². The van der Waals surface area contributed by atoms with Crippen molar-refractivity contribution in [3.63, 3.8) is 0 Å². The molecule has 0 bridgehead atoms. The van der Waals surface area contributed by atoms with Gasteiger partial charge in [0.2, 0.25) is 5.91 Å². The summed E-state index contributed by atoms with van der Waals surface area (Å²) in [6, 6.07) is 14.7. The molecule has 1 aliphatic rings. The quantitative estimate of drug-likeness (QED) is 0.769. The van der Waals surface area contributed by atoms with E-state index in [1.807, 2.05) is 24.1 Å². The van der Waals surface area contributed by atoms with Crippen molar-refractivity contribution in [1.29, 1.82) is 0 Å². The second-order valence-electron chi connectivity index (χ2n) is 6.88. The lowest BCUT2D eigenvalue weighted by molar-refractivity contribution is -0.117. The lowest BCUT2D eigenvalue weighted by Crippen LogP contribution is -2.23. The van der Waals surface area contributed by atoms with Gasteiger partial charge in [-0.3, -0.25) is 4.79 Å². The predicted octanol–water partition coefficient (Wildman–Crippen LogP) is 2.95. The number of carbonyl (C=O) groups excluding carboxylic acids is 1. The minimum Gasteiger partial charge on any atom is -0.312 e. The van der Waals surface area contributed by atoms with E-state index in [9.17, 15) is 4.79 Å². The molecule has 4 rings (SSSR count). The number of nitrogens with zero attached hydrogens (tertiary/aromatic N) is 4. The number of anilines is 1. The predicted molar refractivity (Wildman–Crippen MR) is 102 cm³/mol. The van der Waals surface area contributed by atoms with Crippen LogP contribution in [0.25, 0.3) is 11.0 Å². The van der Waals surface area contributed by atoms with Crippen molar-refractivity contribution < 1.29 is 4.79 Å². The van der Waals surface area contributed by atoms with Gasteiger partial charge in [0, 0.05) is 38.3 Å². The SMILES string of the molecule is C[C@H](NCc1ccc2c(c1)nnn2C)c1ccc(N2CCCC2=O)cc1. The van der Waals surface area contributed by atoms with Crippen molar-refractivity contribution in [1.82, 2.24) is 20.3 Å². The Morgan fingerprint density at radius 3 is 2.73 bits per heavy atom. The number of carbonyl (C=O) groups is 1. The molecule has 0 aliphatic carbocycles. The van der Waals surface area contributed by atoms with Gasteiger partial charge < -0.3 is 10.2 Å². The summed E-state index contributed by atoms with van der Waals surface area (Å²) in [5, 5.41) is 11.8. The van der Waals surface area contributed by atoms with Crippen LogP contribution in [0.2, 0.25) is 0 Å². The molecule has 1 fully saturated rings. The number of hydrogen-bond acceptors (Lipinski definition) is 4. The van der Waals surface area contributed by atoms with Gasteiger partial charge in [-0.1, -0.05) is 23.4 Å². The first kappa shape index (κ1) is 16.7. The molecule has 0 unspecified atom stereocenters. The zero-order valence-corrected chi connectivity index (χ0v) is 15.1. The average molecular weight is 349 g/mol. The molecule has 134 valence electrons. The third kappa shape index (κ3) is 3.20. The van der Waals surface area contributed by atoms with E-state index in [1.165, 1.54) is 11.1 Å². The summed E-state index contributed by atoms with van der Waals surface area (Å²) in [5.41, 5.74) is 5.34. The maximum atomic E-state index is 11.9. The Hall–Kier alpha value is -2.73. The molecule has 6 nitrogen and oxygen atoms in total. The van der Waals surface area contributed by atoms with Gasteiger partial charge in [-0.25, -0.2) is 4.68 Å². The van der Waals surface area contributed by atoms with Gasteiger partial charge in [0.1, 0.15) is 5.52 Å². The summed E-state index contributed by atoms with van der Waals surface area (Å²) in [5.74, 6) is 0.225. The van der Waals surface area contributed by atoms with Gasteiger partial charge in [-0.05, 0) is 48.7 Å². The van der Waals surface area contributed by atoms with Crippen LogP contribution in [0.3, 0.4) is 0 Å². The van der Waals surface area contributed by atoms with Gasteiger partial charge in [0.05, 0.1) is 5.52 Å². The molecule has 0 radical (unpaired) electrons. The number of amides is 1. The highest BCUT2D eigenvalue weighted by Gasteiger charge is 2.21. The van der Waals surface area contributed by atoms with Crippen LogP contribution in [0.1, 0.15) is 36.9 Å². The number of benzene rings is 2. The van der Waals surface area contributed by atoms with Crippen LogP contribution in [0, 0.1) is 0 Å². The van der Waals surface area contributed by atoms with Crippen LogP contribution in [0.15, 0.2) is 42.5 Å². The van der Waals surface area contributed by atoms with Gasteiger partial charge in [0.25, 0.3) is 0 Å². The summed E-state index contributed by atoms with van der Waals surface area (Å²) >= 11 is 0. The maximum Gasteiger partial charge on any atom is 0.227 e. The smallest absolute Gasteiger partial charge is 0.227 e. The number of aromatic nitrogens is 3. The largest absolute Gasteiger partial charge is 0.312 e. The molecule has 1 aromatic heterocycles. The summed E-state index contributed by atoms with van der Waals surface area (Å²) < 4.78 is 1.78. The summed E-state index contributed by atoms with van der Waals surface area (Å²) in [6.07, 6.45) is 1.62. The standard InChI is InChI=1S/C20H23N5O/c1-14(16-6-8-17(9-7-16)25-11-3-4-20(25)26)21-13-15-5-10-19-18(12-15)22-23-24(19)2/h5-10,12,14,21H,3-4,11,13H2,1-2H3/t14-/m0/s1. The molecular formula is C20H23N5O. The zero-order chi connectivity index (χ0) is 18.1. The molecule has 2 heterocycles. The van der Waals surface area contributed by atoms with Crippen molar-refractivity contribution >= 4 is 22.6 Å². The van der Waals surface area contributed by atoms with Crippen molar-refractivity contribution in [3.05, 3.63) is 53.6 Å². The van der Waals surface area contributed by atoms with Gasteiger partial charge in [-0.2, -0.15) is 0 Å². The Morgan fingerprint density at radius 2 is 2.00 bits per heavy atom. The fourth-order valence-electron chi connectivity index (χ4n) is 3.45. The Bertz CT molecular complexity index is 931. The van der Waals surface area contributed by atoms with E-state index >= 15 is 0 Å². The first-order valence-electron chi connectivity index (χ1n) is 9.04. The third-order valence-corrected chi connectivity index (χ3v) is 5.07. The molecule has 1 atom stereocenters. The summed E-state index contributed by atoms with van der Waals surface area (Å²) in [7, 11) is 1.90. The number of aryl methyl sites for hydroxylation is 1. The Labute approximate surface area is 152 Å². The first-order valence-corrected chi connectivity index (χ1v) is 9.04. The van der Waals surface area contributed by atoms with Crippen LogP contribution >= 0.6 is 0 Å². The van der Waals surface area contributed by atoms with Gasteiger partial charge >= 0.3 is 0 Å². The summed E-state index contributed by atoms with van der Waals surface area (Å²) in [4.78, 5) is 13.7. The molecule has 1 N–H and O–H groups in total. The normalized spacial score (nSPS) is 15.8. The molecule has 1 aliphatic heterocycles. The lowest BCUT2D eigenvalue weighted by Gasteiger charge is -2.18. The Morgan fingerprint density at radius 1 is 1.19 bits per heavy atom. The Kier molecular flexibility index (Phi) is 4.42. The van der Waals surface area contributed by atoms with Crippen LogP contribution in [0.5, 0.6) is 0 Å². The van der Waals surface area contributed by atoms with Crippen LogP contribution < -0.4 is 10.2 Å². The molecule has 1 amide bonds. The highest BCUT2D eigenvalue weighted by atomic mass is 16.2. The van der Waals surface area contributed by atoms with Crippen molar-refractivity contribution in [2.75, 3.05) is 11.4 Å². The van der Waals surface area contributed by atoms with E-state index < -0.39 is 0 Å². The summed E-state index contributed by atoms with van der Waals surface area (Å²) in [6.45, 7) is 3.74. The first-order chi connectivity index (χ1) is 12.6. The zero-order valence-electron chi connectivity index (χ0n) is 15.1. The van der Waals surface area contributed by atoms with E-state index in [2.05, 4.69) is 52.9 Å². The number of rotatable bonds is 5. The molecule has 0 saturated carbocycles. The molecular weight excluding hydrogens is 326 g/mol. The average Bonchev–Trinajstić information content (AvgIpc) is 3.25. The van der Waals surface area contributed by atoms with Crippen LogP contribution in [-0.4, -0.2) is 27.4 Å². The minimum atomic E-state index is 0.218. The molecule has 3 aromatic rings. The van der Waals surface area contributed by atoms with E-state index in [0.29, 0.717) is 6.42 Å². The van der Waals surface area contributed by atoms with Crippen LogP contribution in [0.4, 0.5) is 5.69 Å². The Balaban J connectivity index is 1.40. The molecule has 26 heavy (non-hydrogen) atoms. The highest BCUT2D eigenvalue weighted by molar-refractivity contribution is 5.95. The van der Waals surface area contributed by atoms with E-state index in [1.54, 1.807) is 4.68 Å². The van der Waals surface area contributed by atoms with E-state index in [0.717, 1.165) is 36.2 Å². The number of fused-ring (bicyclic) bond motifs is 1. The second kappa shape index (κ2) is 6.88. The van der Waals surface area contributed by atoms with Crippen molar-refractivity contribution in [3.8, 4) is 0 Å². The number of hydrogen-bond donors (Lipinski definition) is 1. The maximum absolute atomic E-state index is 11.9. The van der Waals surface area contributed by atoms with Gasteiger partial charge in [-0.15, -0.1) is 5.10 Å². The fraction of sp³-hybridized carbons (Fsp3) is 0.350. The van der Waals surface area contributed by atoms with E-state index in [4.69, 9.17) is 0 Å². The van der Waals surface area contributed by atoms with Crippen molar-refractivity contribution in [2.24, 2.45) is 7.05 Å². The van der Waals surface area contributed by atoms with Crippen LogP contribution in [-0.2, 0) is 18.4 Å². The lowest BCUT2D eigenvalue weighted by atomic mass is 10.1. The van der Waals surface area contributed by atoms with Crippen molar-refractivity contribution in [2.45, 2.75) is 32.4 Å².